The molecule has 1 atom stereocenters. The third kappa shape index (κ3) is 9.86. The number of hydrogen-bond acceptors (Lipinski definition) is 14. The van der Waals surface area contributed by atoms with E-state index in [2.05, 4.69) is 59.1 Å². The molecule has 370 valence electrons. The van der Waals surface area contributed by atoms with Gasteiger partial charge >= 0.3 is 5.69 Å². The lowest BCUT2D eigenvalue weighted by atomic mass is 9.59. The third-order valence-corrected chi connectivity index (χ3v) is 19.4. The molecule has 0 unspecified atom stereocenters. The Kier molecular flexibility index (Phi) is 12.8. The van der Waals surface area contributed by atoms with Gasteiger partial charge in [-0.2, -0.15) is 0 Å². The number of benzene rings is 2. The first-order valence-corrected chi connectivity index (χ1v) is 28.3. The zero-order chi connectivity index (χ0) is 48.0. The number of nitrogens with zero attached hydrogens (tertiary/aromatic N) is 6. The second kappa shape index (κ2) is 19.2. The predicted octanol–water partition coefficient (Wildman–Crippen LogP) is 8.71. The van der Waals surface area contributed by atoms with Crippen LogP contribution in [0.5, 0.6) is 11.5 Å². The van der Waals surface area contributed by atoms with E-state index >= 15 is 0 Å². The SMILES string of the molecule is O=C(NS(=O)(=O)c1cnc(NCC2CCC(N=S3(=O)CCOCC3)CC2)c([N+](=O)[O-])c1)c1ccc(N2CCC3(CC2)CC(N2CCC[C@H]2c2ccccc2C2CC2)C3)cc1Oc1cnc2[nH]ccc2c1. The number of piperidine rings is 1. The number of rotatable bonds is 14. The average molecular weight is 992 g/mol. The number of pyridine rings is 2. The Morgan fingerprint density at radius 2 is 1.71 bits per heavy atom. The summed E-state index contributed by atoms with van der Waals surface area (Å²) in [5, 5.41) is 16.1. The number of aromatic amines is 1. The van der Waals surface area contributed by atoms with E-state index in [1.54, 1.807) is 35.5 Å². The molecule has 1 amide bonds. The molecule has 1 spiro atoms. The van der Waals surface area contributed by atoms with Crippen LogP contribution in [0.1, 0.15) is 110 Å². The van der Waals surface area contributed by atoms with Gasteiger partial charge in [0.2, 0.25) is 5.82 Å². The minimum Gasteiger partial charge on any atom is -0.455 e. The summed E-state index contributed by atoms with van der Waals surface area (Å²) in [6, 6.07) is 20.0. The molecular weight excluding hydrogens is 931 g/mol. The molecule has 3 aliphatic heterocycles. The van der Waals surface area contributed by atoms with Crippen molar-refractivity contribution in [1.29, 1.82) is 0 Å². The van der Waals surface area contributed by atoms with Gasteiger partial charge in [0.25, 0.3) is 15.9 Å². The zero-order valence-electron chi connectivity index (χ0n) is 39.3. The first-order chi connectivity index (χ1) is 33.9. The number of fused-ring (bicyclic) bond motifs is 1. The van der Waals surface area contributed by atoms with Crippen LogP contribution in [0.4, 0.5) is 17.2 Å². The number of anilines is 2. The van der Waals surface area contributed by atoms with Crippen LogP contribution in [0.2, 0.25) is 0 Å². The van der Waals surface area contributed by atoms with Crippen LogP contribution in [0.3, 0.4) is 0 Å². The fourth-order valence-corrected chi connectivity index (χ4v) is 14.6. The Morgan fingerprint density at radius 1 is 0.943 bits per heavy atom. The van der Waals surface area contributed by atoms with E-state index < -0.39 is 41.2 Å². The number of H-pyrrole nitrogens is 1. The number of ether oxygens (including phenoxy) is 2. The summed E-state index contributed by atoms with van der Waals surface area (Å²) in [4.78, 5) is 41.9. The van der Waals surface area contributed by atoms with Gasteiger partial charge in [0, 0.05) is 61.1 Å². The van der Waals surface area contributed by atoms with Crippen molar-refractivity contribution in [2.75, 3.05) is 61.1 Å². The maximum atomic E-state index is 14.1. The maximum absolute atomic E-state index is 14.1. The van der Waals surface area contributed by atoms with Crippen LogP contribution in [-0.4, -0.2) is 106 Å². The van der Waals surface area contributed by atoms with Crippen LogP contribution in [0.25, 0.3) is 11.0 Å². The van der Waals surface area contributed by atoms with Crippen molar-refractivity contribution in [3.63, 3.8) is 0 Å². The Labute approximate surface area is 408 Å². The monoisotopic (exact) mass is 991 g/mol. The Bertz CT molecular complexity index is 3010. The van der Waals surface area contributed by atoms with Gasteiger partial charge < -0.3 is 24.7 Å². The first-order valence-electron chi connectivity index (χ1n) is 25.0. The lowest BCUT2D eigenvalue weighted by Crippen LogP contribution is -2.54. The highest BCUT2D eigenvalue weighted by Gasteiger charge is 2.50. The highest BCUT2D eigenvalue weighted by molar-refractivity contribution is 7.93. The molecule has 3 saturated heterocycles. The van der Waals surface area contributed by atoms with Crippen molar-refractivity contribution in [2.45, 2.75) is 106 Å². The van der Waals surface area contributed by atoms with Crippen LogP contribution in [-0.2, 0) is 24.5 Å². The summed E-state index contributed by atoms with van der Waals surface area (Å²) in [7, 11) is -6.89. The summed E-state index contributed by atoms with van der Waals surface area (Å²) < 4.78 is 59.3. The van der Waals surface area contributed by atoms with Gasteiger partial charge in [-0.1, -0.05) is 24.3 Å². The number of nitrogens with one attached hydrogen (secondary N) is 3. The van der Waals surface area contributed by atoms with Crippen molar-refractivity contribution in [1.82, 2.24) is 24.6 Å². The van der Waals surface area contributed by atoms with E-state index in [1.807, 2.05) is 12.1 Å². The lowest BCUT2D eigenvalue weighted by Gasteiger charge is -2.56. The molecule has 11 rings (SSSR count). The molecule has 17 nitrogen and oxygen atoms in total. The highest BCUT2D eigenvalue weighted by Crippen LogP contribution is 2.55. The van der Waals surface area contributed by atoms with Crippen LogP contribution >= 0.6 is 0 Å². The Morgan fingerprint density at radius 3 is 2.47 bits per heavy atom. The summed E-state index contributed by atoms with van der Waals surface area (Å²) in [6.07, 6.45) is 17.0. The molecule has 3 aromatic heterocycles. The van der Waals surface area contributed by atoms with Crippen molar-refractivity contribution >= 4 is 53.9 Å². The number of sulfonamides is 1. The van der Waals surface area contributed by atoms with Crippen molar-refractivity contribution in [3.8, 4) is 11.5 Å². The molecule has 6 fully saturated rings. The van der Waals surface area contributed by atoms with Crippen LogP contribution < -0.4 is 19.7 Å². The molecule has 3 aliphatic carbocycles. The van der Waals surface area contributed by atoms with Gasteiger partial charge in [0.05, 0.1) is 63.4 Å². The number of nitro groups is 1. The molecule has 0 bridgehead atoms. The smallest absolute Gasteiger partial charge is 0.312 e. The first kappa shape index (κ1) is 46.7. The number of hydrogen-bond donors (Lipinski definition) is 3. The lowest BCUT2D eigenvalue weighted by molar-refractivity contribution is -0.384. The molecule has 3 N–H and O–H groups in total. The van der Waals surface area contributed by atoms with Gasteiger partial charge in [-0.25, -0.2) is 31.7 Å². The maximum Gasteiger partial charge on any atom is 0.312 e. The van der Waals surface area contributed by atoms with Gasteiger partial charge in [-0.3, -0.25) is 19.8 Å². The van der Waals surface area contributed by atoms with E-state index in [9.17, 15) is 27.5 Å². The van der Waals surface area contributed by atoms with Crippen LogP contribution in [0, 0.1) is 21.4 Å². The van der Waals surface area contributed by atoms with E-state index in [0.29, 0.717) is 60.2 Å². The van der Waals surface area contributed by atoms with E-state index in [1.165, 1.54) is 44.7 Å². The normalized spacial score (nSPS) is 23.7. The fourth-order valence-electron chi connectivity index (χ4n) is 11.8. The Hall–Kier alpha value is -5.63. The van der Waals surface area contributed by atoms with Crippen molar-refractivity contribution in [2.24, 2.45) is 15.7 Å². The summed E-state index contributed by atoms with van der Waals surface area (Å²) >= 11 is 0. The summed E-state index contributed by atoms with van der Waals surface area (Å²) in [5.74, 6) is 1.29. The Balaban J connectivity index is 0.755. The molecule has 6 aliphatic rings. The molecule has 0 radical (unpaired) electrons. The second-order valence-electron chi connectivity index (χ2n) is 20.4. The molecule has 5 aromatic rings. The largest absolute Gasteiger partial charge is 0.455 e. The van der Waals surface area contributed by atoms with E-state index in [-0.39, 0.29) is 29.1 Å². The highest BCUT2D eigenvalue weighted by atomic mass is 32.2. The van der Waals surface area contributed by atoms with E-state index in [4.69, 9.17) is 13.8 Å². The summed E-state index contributed by atoms with van der Waals surface area (Å²) in [5.41, 5.74) is 4.37. The molecule has 3 saturated carbocycles. The molecular formula is C51H61N9O8S2. The van der Waals surface area contributed by atoms with Crippen LogP contribution in [0.15, 0.2) is 88.5 Å². The van der Waals surface area contributed by atoms with Crippen molar-refractivity contribution < 1.29 is 31.8 Å². The number of likely N-dealkylation sites (tertiary alicyclic amines) is 1. The fraction of sp³-hybridized carbons (Fsp3) is 0.510. The topological polar surface area (TPSA) is 214 Å². The summed E-state index contributed by atoms with van der Waals surface area (Å²) in [6.45, 7) is 4.15. The van der Waals surface area contributed by atoms with E-state index in [0.717, 1.165) is 87.4 Å². The van der Waals surface area contributed by atoms with Gasteiger partial charge in [-0.15, -0.1) is 0 Å². The molecule has 19 heteroatoms. The van der Waals surface area contributed by atoms with Gasteiger partial charge in [-0.05, 0) is 136 Å². The minimum absolute atomic E-state index is 0.0119. The van der Waals surface area contributed by atoms with Crippen molar-refractivity contribution in [3.05, 3.63) is 106 Å². The number of carbonyl (C=O) groups excluding carboxylic acids is 1. The predicted molar refractivity (Wildman–Crippen MR) is 268 cm³/mol. The average Bonchev–Trinajstić information content (AvgIpc) is 3.90. The standard InChI is InChI=1S/C51H61N9O8S2/c61-50(57-70(65,66)41-28-46(60(62)63)49(55-33-41)53-31-34-7-11-37(12-8-34)56-69(64)24-22-67-23-25-69)44-14-13-38(27-47(44)68-40-26-36-15-18-52-48(36)54-32-40)58-20-16-51(17-21-58)29-39(30-51)59-19-3-6-45(59)43-5-2-1-4-42(43)35-9-10-35/h1-2,4-5,13-15,18,26-28,32-35,37,39,45H,3,6-12,16-17,19-25,29-31H2,(H,52,54)(H,53,55)(H,57,61)/t34?,37?,45-/m0/s1. The molecule has 2 aromatic carbocycles. The molecule has 70 heavy (non-hydrogen) atoms. The quantitative estimate of drug-likeness (QED) is 0.0702. The number of aromatic nitrogens is 3. The van der Waals surface area contributed by atoms with Gasteiger partial charge in [0.15, 0.2) is 0 Å². The minimum atomic E-state index is -4.65. The molecule has 6 heterocycles. The zero-order valence-corrected chi connectivity index (χ0v) is 40.9. The number of carbonyl (C=O) groups is 1. The third-order valence-electron chi connectivity index (χ3n) is 15.9. The second-order valence-corrected chi connectivity index (χ2v) is 24.7. The van der Waals surface area contributed by atoms with Gasteiger partial charge in [0.1, 0.15) is 22.0 Å². The number of amides is 1.